The number of nitrogens with zero attached hydrogens (tertiary/aromatic N) is 1. The van der Waals surface area contributed by atoms with Gasteiger partial charge in [-0.15, -0.1) is 0 Å². The Kier molecular flexibility index (Phi) is 1.32. The van der Waals surface area contributed by atoms with Crippen molar-refractivity contribution in [2.45, 2.75) is 6.29 Å². The van der Waals surface area contributed by atoms with Gasteiger partial charge in [0.25, 0.3) is 0 Å². The number of hydrogen-bond donors (Lipinski definition) is 3. The van der Waals surface area contributed by atoms with E-state index < -0.39 is 0 Å². The van der Waals surface area contributed by atoms with Gasteiger partial charge in [0.15, 0.2) is 6.29 Å². The summed E-state index contributed by atoms with van der Waals surface area (Å²) in [6.45, 7) is 0. The van der Waals surface area contributed by atoms with Crippen molar-refractivity contribution in [2.75, 3.05) is 5.88 Å². The molecule has 0 aliphatic carbocycles. The van der Waals surface area contributed by atoms with Crippen LogP contribution in [0.25, 0.3) is 0 Å². The molecule has 0 radical (unpaired) electrons. The first-order valence-electron chi connectivity index (χ1n) is 3.03. The van der Waals surface area contributed by atoms with Crippen molar-refractivity contribution < 1.29 is 0 Å². The van der Waals surface area contributed by atoms with Crippen LogP contribution < -0.4 is 16.4 Å². The number of aliphatic imine (C=N–C) groups is 1. The average molecular weight is 156 g/mol. The molecule has 0 saturated carbocycles. The van der Waals surface area contributed by atoms with E-state index in [9.17, 15) is 0 Å². The molecule has 1 saturated heterocycles. The first-order chi connectivity index (χ1) is 4.86. The molecule has 54 valence electrons. The second-order valence-electron chi connectivity index (χ2n) is 2.06. The fourth-order valence-electron chi connectivity index (χ4n) is 0.894. The minimum atomic E-state index is -0.273. The van der Waals surface area contributed by atoms with Gasteiger partial charge in [0, 0.05) is 6.20 Å². The van der Waals surface area contributed by atoms with Gasteiger partial charge in [0.2, 0.25) is 0 Å². The van der Waals surface area contributed by atoms with Crippen LogP contribution in [0.1, 0.15) is 0 Å². The van der Waals surface area contributed by atoms with Crippen LogP contribution in [0.2, 0.25) is 0 Å². The van der Waals surface area contributed by atoms with E-state index in [1.54, 1.807) is 11.8 Å². The molecule has 0 aromatic heterocycles. The van der Waals surface area contributed by atoms with Gasteiger partial charge >= 0.3 is 0 Å². The maximum Gasteiger partial charge on any atom is 0.173 e. The summed E-state index contributed by atoms with van der Waals surface area (Å²) < 4.78 is 0. The minimum Gasteiger partial charge on any atom is -0.360 e. The molecule has 0 spiro atoms. The van der Waals surface area contributed by atoms with Crippen LogP contribution in [0.3, 0.4) is 0 Å². The third-order valence-corrected chi connectivity index (χ3v) is 2.26. The zero-order valence-corrected chi connectivity index (χ0v) is 6.11. The molecule has 0 bridgehead atoms. The molecule has 10 heavy (non-hydrogen) atoms. The minimum absolute atomic E-state index is 0.273. The number of thioether (sulfide) groups is 1. The van der Waals surface area contributed by atoms with Gasteiger partial charge in [0.1, 0.15) is 5.84 Å². The summed E-state index contributed by atoms with van der Waals surface area (Å²) in [6, 6.07) is 0. The molecule has 1 fully saturated rings. The van der Waals surface area contributed by atoms with E-state index in [1.165, 1.54) is 0 Å². The third kappa shape index (κ3) is 0.871. The molecule has 0 aromatic carbocycles. The third-order valence-electron chi connectivity index (χ3n) is 1.35. The molecule has 5 heteroatoms. The Morgan fingerprint density at radius 3 is 3.60 bits per heavy atom. The fourth-order valence-corrected chi connectivity index (χ4v) is 1.67. The molecule has 2 rings (SSSR count). The highest BCUT2D eigenvalue weighted by molar-refractivity contribution is 8.04. The monoisotopic (exact) mass is 156 g/mol. The lowest BCUT2D eigenvalue weighted by molar-refractivity contribution is 0.631. The molecular formula is C5H8N4S. The van der Waals surface area contributed by atoms with Crippen LogP contribution in [-0.2, 0) is 0 Å². The zero-order chi connectivity index (χ0) is 6.97. The lowest BCUT2D eigenvalue weighted by Crippen LogP contribution is -2.37. The van der Waals surface area contributed by atoms with Crippen molar-refractivity contribution in [3.8, 4) is 0 Å². The normalized spacial score (nSPS) is 29.5. The van der Waals surface area contributed by atoms with Crippen LogP contribution in [0.4, 0.5) is 0 Å². The second-order valence-corrected chi connectivity index (χ2v) is 3.08. The number of nitrogens with one attached hydrogen (secondary N) is 2. The summed E-state index contributed by atoms with van der Waals surface area (Å²) in [4.78, 5) is 5.28. The van der Waals surface area contributed by atoms with Crippen LogP contribution >= 0.6 is 11.8 Å². The molecular weight excluding hydrogens is 148 g/mol. The van der Waals surface area contributed by atoms with Gasteiger partial charge in [-0.3, -0.25) is 5.73 Å². The molecule has 4 N–H and O–H groups in total. The standard InChI is InChI=1S/C5H8N4S/c6-5-7-1-3-4(9-5)8-2-10-3/h1,5,7H,2,6H2,(H,8,9). The summed E-state index contributed by atoms with van der Waals surface area (Å²) in [5.74, 6) is 1.83. The highest BCUT2D eigenvalue weighted by atomic mass is 32.2. The van der Waals surface area contributed by atoms with E-state index >= 15 is 0 Å². The molecule has 0 amide bonds. The van der Waals surface area contributed by atoms with Crippen LogP contribution in [-0.4, -0.2) is 18.0 Å². The van der Waals surface area contributed by atoms with Crippen molar-refractivity contribution in [3.63, 3.8) is 0 Å². The molecule has 1 unspecified atom stereocenters. The van der Waals surface area contributed by atoms with E-state index in [2.05, 4.69) is 15.6 Å². The number of fused-ring (bicyclic) bond motifs is 1. The van der Waals surface area contributed by atoms with E-state index in [0.29, 0.717) is 0 Å². The smallest absolute Gasteiger partial charge is 0.173 e. The Hall–Kier alpha value is -0.680. The highest BCUT2D eigenvalue weighted by Crippen LogP contribution is 2.22. The van der Waals surface area contributed by atoms with Crippen molar-refractivity contribution in [2.24, 2.45) is 10.7 Å². The Morgan fingerprint density at radius 2 is 2.70 bits per heavy atom. The topological polar surface area (TPSA) is 62.4 Å². The predicted octanol–water partition coefficient (Wildman–Crippen LogP) is -0.634. The second kappa shape index (κ2) is 2.17. The van der Waals surface area contributed by atoms with Crippen LogP contribution in [0.5, 0.6) is 0 Å². The average Bonchev–Trinajstić information content (AvgIpc) is 2.33. The number of amidine groups is 1. The SMILES string of the molecule is NC1N=C2NCSC2=CN1. The maximum atomic E-state index is 5.50. The summed E-state index contributed by atoms with van der Waals surface area (Å²) in [6.07, 6.45) is 1.63. The van der Waals surface area contributed by atoms with Gasteiger partial charge in [-0.2, -0.15) is 0 Å². The molecule has 2 heterocycles. The molecule has 2 aliphatic heterocycles. The van der Waals surface area contributed by atoms with Crippen molar-refractivity contribution in [3.05, 3.63) is 11.1 Å². The van der Waals surface area contributed by atoms with Gasteiger partial charge in [-0.25, -0.2) is 4.99 Å². The summed E-state index contributed by atoms with van der Waals surface area (Å²) in [5, 5.41) is 6.03. The molecule has 2 aliphatic rings. The molecule has 0 aromatic rings. The molecule has 1 atom stereocenters. The quantitative estimate of drug-likeness (QED) is 0.437. The predicted molar refractivity (Wildman–Crippen MR) is 42.2 cm³/mol. The van der Waals surface area contributed by atoms with Gasteiger partial charge in [-0.1, -0.05) is 11.8 Å². The van der Waals surface area contributed by atoms with Gasteiger partial charge < -0.3 is 10.6 Å². The Balaban J connectivity index is 2.27. The Labute approximate surface area is 63.0 Å². The Morgan fingerprint density at radius 1 is 1.80 bits per heavy atom. The summed E-state index contributed by atoms with van der Waals surface area (Å²) in [7, 11) is 0. The van der Waals surface area contributed by atoms with E-state index in [1.807, 2.05) is 6.20 Å². The first-order valence-corrected chi connectivity index (χ1v) is 4.01. The number of hydrogen-bond acceptors (Lipinski definition) is 5. The lowest BCUT2D eigenvalue weighted by Gasteiger charge is -2.13. The number of nitrogens with two attached hydrogens (primary N) is 1. The highest BCUT2D eigenvalue weighted by Gasteiger charge is 2.19. The van der Waals surface area contributed by atoms with E-state index in [4.69, 9.17) is 5.73 Å². The van der Waals surface area contributed by atoms with Crippen molar-refractivity contribution in [1.82, 2.24) is 10.6 Å². The summed E-state index contributed by atoms with van der Waals surface area (Å²) >= 11 is 1.73. The van der Waals surface area contributed by atoms with Crippen LogP contribution in [0, 0.1) is 0 Å². The van der Waals surface area contributed by atoms with Crippen molar-refractivity contribution in [1.29, 1.82) is 0 Å². The largest absolute Gasteiger partial charge is 0.360 e. The van der Waals surface area contributed by atoms with E-state index in [0.717, 1.165) is 16.6 Å². The first kappa shape index (κ1) is 6.06. The van der Waals surface area contributed by atoms with E-state index in [-0.39, 0.29) is 6.29 Å². The zero-order valence-electron chi connectivity index (χ0n) is 5.29. The summed E-state index contributed by atoms with van der Waals surface area (Å²) in [5.41, 5.74) is 5.50. The molecule has 4 nitrogen and oxygen atoms in total. The van der Waals surface area contributed by atoms with Crippen LogP contribution in [0.15, 0.2) is 16.1 Å². The van der Waals surface area contributed by atoms with Gasteiger partial charge in [0.05, 0.1) is 10.8 Å². The number of rotatable bonds is 0. The lowest BCUT2D eigenvalue weighted by atomic mass is 10.5. The van der Waals surface area contributed by atoms with Gasteiger partial charge in [-0.05, 0) is 0 Å². The Bertz CT molecular complexity index is 210. The van der Waals surface area contributed by atoms with Crippen molar-refractivity contribution >= 4 is 17.6 Å². The fraction of sp³-hybridized carbons (Fsp3) is 0.400. The maximum absolute atomic E-state index is 5.50.